The lowest BCUT2D eigenvalue weighted by Gasteiger charge is -2.15. The van der Waals surface area contributed by atoms with Crippen LogP contribution in [0.4, 0.5) is 0 Å². The van der Waals surface area contributed by atoms with Crippen LogP contribution >= 0.6 is 23.2 Å². The first-order chi connectivity index (χ1) is 7.50. The summed E-state index contributed by atoms with van der Waals surface area (Å²) in [6, 6.07) is 6.17. The van der Waals surface area contributed by atoms with E-state index in [-0.39, 0.29) is 10.3 Å². The van der Waals surface area contributed by atoms with Crippen molar-refractivity contribution in [3.63, 3.8) is 0 Å². The van der Waals surface area contributed by atoms with E-state index in [0.29, 0.717) is 24.5 Å². The molecule has 88 valence electrons. The maximum absolute atomic E-state index is 12.1. The summed E-state index contributed by atoms with van der Waals surface area (Å²) in [5.41, 5.74) is 0. The normalized spacial score (nSPS) is 22.5. The van der Waals surface area contributed by atoms with Crippen LogP contribution in [-0.4, -0.2) is 31.2 Å². The quantitative estimate of drug-likeness (QED) is 0.780. The fraction of sp³-hybridized carbons (Fsp3) is 0.400. The number of nitrogens with zero attached hydrogens (tertiary/aromatic N) is 1. The van der Waals surface area contributed by atoms with Crippen LogP contribution in [0.1, 0.15) is 6.42 Å². The summed E-state index contributed by atoms with van der Waals surface area (Å²) in [6.45, 7) is 0.867. The third-order valence-corrected chi connectivity index (χ3v) is 5.03. The number of hydrogen-bond acceptors (Lipinski definition) is 2. The molecule has 0 N–H and O–H groups in total. The third kappa shape index (κ3) is 2.35. The number of hydrogen-bond donors (Lipinski definition) is 0. The zero-order valence-corrected chi connectivity index (χ0v) is 10.8. The Hall–Kier alpha value is -0.290. The molecule has 6 heteroatoms. The first-order valence-electron chi connectivity index (χ1n) is 4.90. The number of sulfonamides is 1. The molecule has 1 fully saturated rings. The van der Waals surface area contributed by atoms with E-state index >= 15 is 0 Å². The number of halogens is 2. The second-order valence-electron chi connectivity index (χ2n) is 3.70. The van der Waals surface area contributed by atoms with Gasteiger partial charge in [0.2, 0.25) is 10.0 Å². The predicted molar refractivity (Wildman–Crippen MR) is 64.5 cm³/mol. The molecule has 0 aromatic heterocycles. The molecule has 16 heavy (non-hydrogen) atoms. The molecule has 1 atom stereocenters. The van der Waals surface area contributed by atoms with Gasteiger partial charge in [-0.3, -0.25) is 0 Å². The Morgan fingerprint density at radius 3 is 2.38 bits per heavy atom. The lowest BCUT2D eigenvalue weighted by atomic mass is 10.4. The standard InChI is InChI=1S/C10H11Cl2NO2S/c11-8-1-3-10(4-2-8)16(14,15)13-6-5-9(12)7-13/h1-4,9H,5-7H2. The molecule has 1 heterocycles. The zero-order chi connectivity index (χ0) is 11.8. The molecular formula is C10H11Cl2NO2S. The van der Waals surface area contributed by atoms with Crippen molar-refractivity contribution in [2.24, 2.45) is 0 Å². The summed E-state index contributed by atoms with van der Waals surface area (Å²) >= 11 is 11.6. The van der Waals surface area contributed by atoms with Crippen LogP contribution in [-0.2, 0) is 10.0 Å². The van der Waals surface area contributed by atoms with Crippen molar-refractivity contribution >= 4 is 33.2 Å². The van der Waals surface area contributed by atoms with Gasteiger partial charge in [-0.1, -0.05) is 11.6 Å². The molecule has 2 rings (SSSR count). The van der Waals surface area contributed by atoms with E-state index < -0.39 is 10.0 Å². The van der Waals surface area contributed by atoms with Gasteiger partial charge in [-0.15, -0.1) is 11.6 Å². The smallest absolute Gasteiger partial charge is 0.207 e. The van der Waals surface area contributed by atoms with Gasteiger partial charge in [0.1, 0.15) is 0 Å². The summed E-state index contributed by atoms with van der Waals surface area (Å²) < 4.78 is 25.6. The Morgan fingerprint density at radius 2 is 1.88 bits per heavy atom. The molecule has 0 amide bonds. The van der Waals surface area contributed by atoms with E-state index in [1.807, 2.05) is 0 Å². The van der Waals surface area contributed by atoms with Crippen LogP contribution in [0.25, 0.3) is 0 Å². The van der Waals surface area contributed by atoms with Crippen molar-refractivity contribution in [2.45, 2.75) is 16.7 Å². The molecule has 0 radical (unpaired) electrons. The van der Waals surface area contributed by atoms with Crippen LogP contribution in [0.5, 0.6) is 0 Å². The molecule has 0 saturated carbocycles. The van der Waals surface area contributed by atoms with Crippen molar-refractivity contribution in [2.75, 3.05) is 13.1 Å². The van der Waals surface area contributed by atoms with Crippen molar-refractivity contribution < 1.29 is 8.42 Å². The minimum absolute atomic E-state index is 0.0814. The highest BCUT2D eigenvalue weighted by molar-refractivity contribution is 7.89. The molecule has 0 spiro atoms. The molecule has 3 nitrogen and oxygen atoms in total. The van der Waals surface area contributed by atoms with Crippen LogP contribution in [0, 0.1) is 0 Å². The van der Waals surface area contributed by atoms with Gasteiger partial charge in [0.25, 0.3) is 0 Å². The van der Waals surface area contributed by atoms with Gasteiger partial charge in [0.05, 0.1) is 4.90 Å². The van der Waals surface area contributed by atoms with Crippen LogP contribution < -0.4 is 0 Å². The summed E-state index contributed by atoms with van der Waals surface area (Å²) in [7, 11) is -3.40. The van der Waals surface area contributed by atoms with Gasteiger partial charge in [-0.05, 0) is 30.7 Å². The number of rotatable bonds is 2. The molecule has 1 aliphatic heterocycles. The van der Waals surface area contributed by atoms with Crippen molar-refractivity contribution in [3.05, 3.63) is 29.3 Å². The first kappa shape index (κ1) is 12.2. The van der Waals surface area contributed by atoms with Gasteiger partial charge in [-0.2, -0.15) is 4.31 Å². The van der Waals surface area contributed by atoms with E-state index in [1.54, 1.807) is 12.1 Å². The third-order valence-electron chi connectivity index (χ3n) is 2.54. The highest BCUT2D eigenvalue weighted by Crippen LogP contribution is 2.24. The fourth-order valence-electron chi connectivity index (χ4n) is 1.66. The lowest BCUT2D eigenvalue weighted by molar-refractivity contribution is 0.478. The lowest BCUT2D eigenvalue weighted by Crippen LogP contribution is -2.28. The van der Waals surface area contributed by atoms with Gasteiger partial charge in [0, 0.05) is 23.5 Å². The van der Waals surface area contributed by atoms with Gasteiger partial charge in [0.15, 0.2) is 0 Å². The first-order valence-corrected chi connectivity index (χ1v) is 7.15. The second kappa shape index (κ2) is 4.53. The zero-order valence-electron chi connectivity index (χ0n) is 8.44. The Bertz CT molecular complexity index is 472. The SMILES string of the molecule is O=S(=O)(c1ccc(Cl)cc1)N1CCC(Cl)C1. The maximum atomic E-state index is 12.1. The molecule has 1 saturated heterocycles. The number of alkyl halides is 1. The largest absolute Gasteiger partial charge is 0.243 e. The Morgan fingerprint density at radius 1 is 1.25 bits per heavy atom. The highest BCUT2D eigenvalue weighted by atomic mass is 35.5. The minimum atomic E-state index is -3.40. The van der Waals surface area contributed by atoms with Crippen LogP contribution in [0.3, 0.4) is 0 Å². The van der Waals surface area contributed by atoms with E-state index in [2.05, 4.69) is 0 Å². The fourth-order valence-corrected chi connectivity index (χ4v) is 3.63. The Labute approximate surface area is 105 Å². The minimum Gasteiger partial charge on any atom is -0.207 e. The average Bonchev–Trinajstić information content (AvgIpc) is 2.66. The molecule has 1 aliphatic rings. The summed E-state index contributed by atoms with van der Waals surface area (Å²) in [6.07, 6.45) is 0.703. The van der Waals surface area contributed by atoms with E-state index in [1.165, 1.54) is 16.4 Å². The average molecular weight is 280 g/mol. The Kier molecular flexibility index (Phi) is 3.45. The van der Waals surface area contributed by atoms with Crippen LogP contribution in [0.2, 0.25) is 5.02 Å². The molecular weight excluding hydrogens is 269 g/mol. The number of benzene rings is 1. The van der Waals surface area contributed by atoms with Gasteiger partial charge in [-0.25, -0.2) is 8.42 Å². The molecule has 1 aromatic rings. The molecule has 0 aliphatic carbocycles. The predicted octanol–water partition coefficient (Wildman–Crippen LogP) is 2.34. The van der Waals surface area contributed by atoms with Crippen molar-refractivity contribution in [1.29, 1.82) is 0 Å². The maximum Gasteiger partial charge on any atom is 0.243 e. The topological polar surface area (TPSA) is 37.4 Å². The van der Waals surface area contributed by atoms with E-state index in [4.69, 9.17) is 23.2 Å². The molecule has 0 bridgehead atoms. The second-order valence-corrected chi connectivity index (χ2v) is 6.69. The van der Waals surface area contributed by atoms with E-state index in [9.17, 15) is 8.42 Å². The summed E-state index contributed by atoms with van der Waals surface area (Å²) in [5, 5.41) is 0.442. The monoisotopic (exact) mass is 279 g/mol. The van der Waals surface area contributed by atoms with Crippen molar-refractivity contribution in [1.82, 2.24) is 4.31 Å². The van der Waals surface area contributed by atoms with Gasteiger partial charge < -0.3 is 0 Å². The van der Waals surface area contributed by atoms with Gasteiger partial charge >= 0.3 is 0 Å². The molecule has 1 unspecified atom stereocenters. The van der Waals surface area contributed by atoms with E-state index in [0.717, 1.165) is 0 Å². The van der Waals surface area contributed by atoms with Crippen LogP contribution in [0.15, 0.2) is 29.2 Å². The Balaban J connectivity index is 2.29. The molecule has 1 aromatic carbocycles. The van der Waals surface area contributed by atoms with Crippen molar-refractivity contribution in [3.8, 4) is 0 Å². The summed E-state index contributed by atoms with van der Waals surface area (Å²) in [5.74, 6) is 0. The summed E-state index contributed by atoms with van der Waals surface area (Å²) in [4.78, 5) is 0.266. The highest BCUT2D eigenvalue weighted by Gasteiger charge is 2.31.